The van der Waals surface area contributed by atoms with Crippen LogP contribution in [0, 0.1) is 0 Å². The van der Waals surface area contributed by atoms with Gasteiger partial charge in [-0.2, -0.15) is 11.8 Å². The third-order valence-electron chi connectivity index (χ3n) is 4.70. The molecule has 1 amide bonds. The lowest BCUT2D eigenvalue weighted by atomic mass is 10.0. The van der Waals surface area contributed by atoms with Gasteiger partial charge < -0.3 is 5.32 Å². The number of rotatable bonds is 6. The molecule has 25 heavy (non-hydrogen) atoms. The van der Waals surface area contributed by atoms with Crippen molar-refractivity contribution >= 4 is 17.7 Å². The number of piperidine rings is 1. The van der Waals surface area contributed by atoms with Crippen LogP contribution in [-0.4, -0.2) is 36.2 Å². The van der Waals surface area contributed by atoms with E-state index in [0.717, 1.165) is 43.8 Å². The molecule has 2 aromatic carbocycles. The topological polar surface area (TPSA) is 32.3 Å². The van der Waals surface area contributed by atoms with Gasteiger partial charge in [-0.15, -0.1) is 0 Å². The van der Waals surface area contributed by atoms with E-state index in [4.69, 9.17) is 0 Å². The van der Waals surface area contributed by atoms with Crippen molar-refractivity contribution in [3.05, 3.63) is 71.3 Å². The molecule has 2 aromatic rings. The molecule has 0 saturated carbocycles. The summed E-state index contributed by atoms with van der Waals surface area (Å²) in [6.07, 6.45) is 4.12. The molecule has 1 aliphatic heterocycles. The molecule has 0 aliphatic carbocycles. The van der Waals surface area contributed by atoms with Crippen LogP contribution in [0.25, 0.3) is 0 Å². The summed E-state index contributed by atoms with van der Waals surface area (Å²) in [5.74, 6) is 1.04. The number of hydrogen-bond acceptors (Lipinski definition) is 3. The fraction of sp³-hybridized carbons (Fsp3) is 0.381. The number of amides is 1. The molecule has 0 atom stereocenters. The second kappa shape index (κ2) is 9.07. The molecular weight excluding hydrogens is 328 g/mol. The highest BCUT2D eigenvalue weighted by molar-refractivity contribution is 7.97. The lowest BCUT2D eigenvalue weighted by Crippen LogP contribution is -2.44. The van der Waals surface area contributed by atoms with Crippen LogP contribution in [0.15, 0.2) is 54.6 Å². The van der Waals surface area contributed by atoms with Crippen molar-refractivity contribution in [1.82, 2.24) is 10.2 Å². The summed E-state index contributed by atoms with van der Waals surface area (Å²) in [7, 11) is 0. The van der Waals surface area contributed by atoms with Crippen molar-refractivity contribution in [2.24, 2.45) is 0 Å². The van der Waals surface area contributed by atoms with Crippen molar-refractivity contribution < 1.29 is 4.79 Å². The lowest BCUT2D eigenvalue weighted by molar-refractivity contribution is 0.0909. The smallest absolute Gasteiger partial charge is 0.251 e. The highest BCUT2D eigenvalue weighted by Gasteiger charge is 2.21. The molecule has 4 heteroatoms. The zero-order chi connectivity index (χ0) is 17.5. The van der Waals surface area contributed by atoms with E-state index in [9.17, 15) is 4.79 Å². The molecular formula is C21H26N2OS. The number of nitrogens with zero attached hydrogens (tertiary/aromatic N) is 1. The maximum atomic E-state index is 12.4. The van der Waals surface area contributed by atoms with E-state index in [1.165, 1.54) is 11.1 Å². The minimum atomic E-state index is 0.0530. The van der Waals surface area contributed by atoms with Gasteiger partial charge in [0.05, 0.1) is 0 Å². The Morgan fingerprint density at radius 2 is 1.72 bits per heavy atom. The van der Waals surface area contributed by atoms with Crippen molar-refractivity contribution in [3.8, 4) is 0 Å². The third kappa shape index (κ3) is 5.35. The molecule has 1 N–H and O–H groups in total. The molecule has 1 saturated heterocycles. The molecule has 0 aromatic heterocycles. The second-order valence-electron chi connectivity index (χ2n) is 6.64. The first-order valence-electron chi connectivity index (χ1n) is 8.89. The minimum absolute atomic E-state index is 0.0530. The predicted molar refractivity (Wildman–Crippen MR) is 106 cm³/mol. The summed E-state index contributed by atoms with van der Waals surface area (Å²) < 4.78 is 0. The van der Waals surface area contributed by atoms with E-state index in [2.05, 4.69) is 46.8 Å². The van der Waals surface area contributed by atoms with Crippen LogP contribution >= 0.6 is 11.8 Å². The number of carbonyl (C=O) groups excluding carboxylic acids is 1. The van der Waals surface area contributed by atoms with Gasteiger partial charge in [-0.05, 0) is 42.4 Å². The van der Waals surface area contributed by atoms with Crippen LogP contribution < -0.4 is 5.32 Å². The molecule has 1 aliphatic rings. The summed E-state index contributed by atoms with van der Waals surface area (Å²) in [4.78, 5) is 14.9. The zero-order valence-electron chi connectivity index (χ0n) is 14.8. The SMILES string of the molecule is CSCc1ccc(C(=O)NC2CCN(Cc3ccccc3)CC2)cc1. The van der Waals surface area contributed by atoms with Crippen LogP contribution in [0.1, 0.15) is 34.3 Å². The van der Waals surface area contributed by atoms with Crippen molar-refractivity contribution in [3.63, 3.8) is 0 Å². The Morgan fingerprint density at radius 1 is 1.04 bits per heavy atom. The maximum Gasteiger partial charge on any atom is 0.251 e. The molecule has 3 rings (SSSR count). The molecule has 0 spiro atoms. The second-order valence-corrected chi connectivity index (χ2v) is 7.51. The third-order valence-corrected chi connectivity index (χ3v) is 5.32. The number of thioether (sulfide) groups is 1. The van der Waals surface area contributed by atoms with E-state index in [0.29, 0.717) is 0 Å². The molecule has 0 radical (unpaired) electrons. The van der Waals surface area contributed by atoms with Gasteiger partial charge in [0.1, 0.15) is 0 Å². The highest BCUT2D eigenvalue weighted by atomic mass is 32.2. The quantitative estimate of drug-likeness (QED) is 0.853. The number of likely N-dealkylation sites (tertiary alicyclic amines) is 1. The van der Waals surface area contributed by atoms with Gasteiger partial charge in [0.2, 0.25) is 0 Å². The van der Waals surface area contributed by atoms with E-state index in [1.807, 2.05) is 24.3 Å². The largest absolute Gasteiger partial charge is 0.349 e. The Bertz CT molecular complexity index is 664. The summed E-state index contributed by atoms with van der Waals surface area (Å²) in [5.41, 5.74) is 3.38. The van der Waals surface area contributed by atoms with E-state index in [-0.39, 0.29) is 11.9 Å². The van der Waals surface area contributed by atoms with Crippen molar-refractivity contribution in [2.45, 2.75) is 31.2 Å². The predicted octanol–water partition coefficient (Wildman–Crippen LogP) is 3.94. The molecule has 0 bridgehead atoms. The average Bonchev–Trinajstić information content (AvgIpc) is 2.65. The van der Waals surface area contributed by atoms with Crippen LogP contribution in [0.2, 0.25) is 0 Å². The fourth-order valence-electron chi connectivity index (χ4n) is 3.26. The van der Waals surface area contributed by atoms with Gasteiger partial charge in [-0.3, -0.25) is 9.69 Å². The fourth-order valence-corrected chi connectivity index (χ4v) is 3.79. The summed E-state index contributed by atoms with van der Waals surface area (Å²) in [6, 6.07) is 18.8. The molecule has 1 heterocycles. The lowest BCUT2D eigenvalue weighted by Gasteiger charge is -2.32. The average molecular weight is 355 g/mol. The minimum Gasteiger partial charge on any atom is -0.349 e. The van der Waals surface area contributed by atoms with E-state index < -0.39 is 0 Å². The Hall–Kier alpha value is -1.78. The van der Waals surface area contributed by atoms with Gasteiger partial charge >= 0.3 is 0 Å². The van der Waals surface area contributed by atoms with Gasteiger partial charge in [-0.1, -0.05) is 42.5 Å². The van der Waals surface area contributed by atoms with E-state index in [1.54, 1.807) is 11.8 Å². The van der Waals surface area contributed by atoms with Crippen molar-refractivity contribution in [2.75, 3.05) is 19.3 Å². The van der Waals surface area contributed by atoms with Crippen LogP contribution in [-0.2, 0) is 12.3 Å². The molecule has 132 valence electrons. The van der Waals surface area contributed by atoms with Crippen LogP contribution in [0.3, 0.4) is 0 Å². The Balaban J connectivity index is 1.46. The Labute approximate surface area is 154 Å². The summed E-state index contributed by atoms with van der Waals surface area (Å²) >= 11 is 1.79. The first kappa shape index (κ1) is 18.0. The number of nitrogens with one attached hydrogen (secondary N) is 1. The summed E-state index contributed by atoms with van der Waals surface area (Å²) in [5, 5.41) is 3.20. The maximum absolute atomic E-state index is 12.4. The molecule has 3 nitrogen and oxygen atoms in total. The van der Waals surface area contributed by atoms with Crippen LogP contribution in [0.5, 0.6) is 0 Å². The van der Waals surface area contributed by atoms with Gasteiger partial charge in [-0.25, -0.2) is 0 Å². The Morgan fingerprint density at radius 3 is 2.36 bits per heavy atom. The summed E-state index contributed by atoms with van der Waals surface area (Å²) in [6.45, 7) is 3.07. The number of benzene rings is 2. The zero-order valence-corrected chi connectivity index (χ0v) is 15.6. The van der Waals surface area contributed by atoms with Gasteiger partial charge in [0, 0.05) is 37.0 Å². The first-order chi connectivity index (χ1) is 12.2. The number of carbonyl (C=O) groups is 1. The van der Waals surface area contributed by atoms with Crippen molar-refractivity contribution in [1.29, 1.82) is 0 Å². The van der Waals surface area contributed by atoms with E-state index >= 15 is 0 Å². The van der Waals surface area contributed by atoms with Gasteiger partial charge in [0.15, 0.2) is 0 Å². The Kier molecular flexibility index (Phi) is 6.54. The molecule has 0 unspecified atom stereocenters. The highest BCUT2D eigenvalue weighted by Crippen LogP contribution is 2.15. The van der Waals surface area contributed by atoms with Crippen LogP contribution in [0.4, 0.5) is 0 Å². The molecule has 1 fully saturated rings. The first-order valence-corrected chi connectivity index (χ1v) is 10.3. The monoisotopic (exact) mass is 354 g/mol. The van der Waals surface area contributed by atoms with Gasteiger partial charge in [0.25, 0.3) is 5.91 Å². The normalized spacial score (nSPS) is 15.9. The standard InChI is InChI=1S/C21H26N2OS/c1-25-16-18-7-9-19(10-8-18)21(24)22-20-11-13-23(14-12-20)15-17-5-3-2-4-6-17/h2-10,20H,11-16H2,1H3,(H,22,24). The number of hydrogen-bond donors (Lipinski definition) is 1.